The molecule has 1 unspecified atom stereocenters. The summed E-state index contributed by atoms with van der Waals surface area (Å²) in [6, 6.07) is 3.53. The predicted molar refractivity (Wildman–Crippen MR) is 80.9 cm³/mol. The maximum absolute atomic E-state index is 11.9. The lowest BCUT2D eigenvalue weighted by molar-refractivity contribution is -0.143. The van der Waals surface area contributed by atoms with Crippen LogP contribution in [0.25, 0.3) is 0 Å². The first kappa shape index (κ1) is 17.3. The van der Waals surface area contributed by atoms with Gasteiger partial charge in [-0.3, -0.25) is 9.59 Å². The summed E-state index contributed by atoms with van der Waals surface area (Å²) in [4.78, 5) is 24.0. The molecular weight excluding hydrogens is 294 g/mol. The number of hydrogen-bond donors (Lipinski definition) is 1. The third-order valence-electron chi connectivity index (χ3n) is 3.17. The average Bonchev–Trinajstić information content (AvgIpc) is 2.41. The Bertz CT molecular complexity index is 521. The van der Waals surface area contributed by atoms with Gasteiger partial charge in [0.05, 0.1) is 5.92 Å². The van der Waals surface area contributed by atoms with Gasteiger partial charge in [0.25, 0.3) is 5.91 Å². The number of nitrogens with zero attached hydrogens (tertiary/aromatic N) is 1. The van der Waals surface area contributed by atoms with Crippen LogP contribution in [0.2, 0.25) is 5.02 Å². The summed E-state index contributed by atoms with van der Waals surface area (Å²) in [5.41, 5.74) is 1.76. The normalized spacial score (nSPS) is 11.9. The molecule has 0 aliphatic rings. The number of aliphatic carboxylic acids is 1. The summed E-state index contributed by atoms with van der Waals surface area (Å²) in [5.74, 6) is -1.24. The lowest BCUT2D eigenvalue weighted by atomic mass is 10.1. The van der Waals surface area contributed by atoms with Gasteiger partial charge in [-0.15, -0.1) is 0 Å². The number of carboxylic acids is 1. The number of aryl methyl sites for hydroxylation is 2. The SMILES string of the molecule is Cc1cc(OCC(=O)N(C)CC(C)C(=O)O)cc(C)c1Cl. The Morgan fingerprint density at radius 2 is 1.86 bits per heavy atom. The molecule has 0 heterocycles. The zero-order valence-corrected chi connectivity index (χ0v) is 13.4. The smallest absolute Gasteiger partial charge is 0.308 e. The number of carbonyl (C=O) groups excluding carboxylic acids is 1. The fraction of sp³-hybridized carbons (Fsp3) is 0.467. The molecule has 0 aromatic heterocycles. The van der Waals surface area contributed by atoms with Crippen molar-refractivity contribution in [1.82, 2.24) is 4.90 Å². The van der Waals surface area contributed by atoms with Crippen LogP contribution in [0, 0.1) is 19.8 Å². The molecule has 6 heteroatoms. The second-order valence-corrected chi connectivity index (χ2v) is 5.55. The quantitative estimate of drug-likeness (QED) is 0.876. The summed E-state index contributed by atoms with van der Waals surface area (Å²) in [7, 11) is 1.56. The van der Waals surface area contributed by atoms with E-state index in [9.17, 15) is 9.59 Å². The van der Waals surface area contributed by atoms with Gasteiger partial charge in [-0.25, -0.2) is 0 Å². The van der Waals surface area contributed by atoms with Crippen molar-refractivity contribution >= 4 is 23.5 Å². The average molecular weight is 314 g/mol. The first-order valence-corrected chi connectivity index (χ1v) is 6.96. The van der Waals surface area contributed by atoms with E-state index in [1.807, 2.05) is 13.8 Å². The van der Waals surface area contributed by atoms with E-state index in [4.69, 9.17) is 21.4 Å². The Morgan fingerprint density at radius 1 is 1.33 bits per heavy atom. The second kappa shape index (κ2) is 7.31. The first-order valence-electron chi connectivity index (χ1n) is 6.58. The van der Waals surface area contributed by atoms with E-state index in [2.05, 4.69) is 0 Å². The van der Waals surface area contributed by atoms with Crippen molar-refractivity contribution in [2.45, 2.75) is 20.8 Å². The van der Waals surface area contributed by atoms with Crippen LogP contribution in [-0.4, -0.2) is 42.1 Å². The minimum Gasteiger partial charge on any atom is -0.484 e. The van der Waals surface area contributed by atoms with Crippen LogP contribution in [-0.2, 0) is 9.59 Å². The molecule has 1 aromatic rings. The topological polar surface area (TPSA) is 66.8 Å². The van der Waals surface area contributed by atoms with Crippen molar-refractivity contribution in [2.75, 3.05) is 20.2 Å². The van der Waals surface area contributed by atoms with Crippen LogP contribution in [0.5, 0.6) is 5.75 Å². The summed E-state index contributed by atoms with van der Waals surface area (Å²) in [6.07, 6.45) is 0. The Hall–Kier alpha value is -1.75. The van der Waals surface area contributed by atoms with E-state index in [-0.39, 0.29) is 19.1 Å². The van der Waals surface area contributed by atoms with Crippen LogP contribution >= 0.6 is 11.6 Å². The van der Waals surface area contributed by atoms with Crippen LogP contribution < -0.4 is 4.74 Å². The van der Waals surface area contributed by atoms with Crippen molar-refractivity contribution in [3.05, 3.63) is 28.3 Å². The van der Waals surface area contributed by atoms with Crippen molar-refractivity contribution in [1.29, 1.82) is 0 Å². The van der Waals surface area contributed by atoms with Crippen molar-refractivity contribution in [3.63, 3.8) is 0 Å². The molecule has 0 radical (unpaired) electrons. The monoisotopic (exact) mass is 313 g/mol. The predicted octanol–water partition coefficient (Wildman–Crippen LogP) is 2.51. The first-order chi connectivity index (χ1) is 9.72. The molecule has 116 valence electrons. The molecule has 1 amide bonds. The molecule has 0 spiro atoms. The molecule has 1 atom stereocenters. The van der Waals surface area contributed by atoms with E-state index < -0.39 is 11.9 Å². The molecule has 0 bridgehead atoms. The van der Waals surface area contributed by atoms with E-state index in [1.54, 1.807) is 26.1 Å². The summed E-state index contributed by atoms with van der Waals surface area (Å²) >= 11 is 6.06. The van der Waals surface area contributed by atoms with Gasteiger partial charge in [0, 0.05) is 18.6 Å². The lowest BCUT2D eigenvalue weighted by Gasteiger charge is -2.19. The highest BCUT2D eigenvalue weighted by molar-refractivity contribution is 6.32. The van der Waals surface area contributed by atoms with Crippen LogP contribution in [0.4, 0.5) is 0 Å². The molecule has 1 rings (SSSR count). The number of halogens is 1. The third-order valence-corrected chi connectivity index (χ3v) is 3.76. The Labute approximate surface area is 129 Å². The van der Waals surface area contributed by atoms with Gasteiger partial charge in [-0.05, 0) is 37.1 Å². The zero-order valence-electron chi connectivity index (χ0n) is 12.6. The highest BCUT2D eigenvalue weighted by atomic mass is 35.5. The standard InChI is InChI=1S/C15H20ClNO4/c1-9-5-12(6-10(2)14(9)16)21-8-13(18)17(4)7-11(3)15(19)20/h5-6,11H,7-8H2,1-4H3,(H,19,20). The molecule has 0 fully saturated rings. The van der Waals surface area contributed by atoms with E-state index >= 15 is 0 Å². The van der Waals surface area contributed by atoms with Gasteiger partial charge in [0.1, 0.15) is 5.75 Å². The lowest BCUT2D eigenvalue weighted by Crippen LogP contribution is -2.36. The van der Waals surface area contributed by atoms with E-state index in [1.165, 1.54) is 4.90 Å². The molecule has 5 nitrogen and oxygen atoms in total. The summed E-state index contributed by atoms with van der Waals surface area (Å²) in [5, 5.41) is 9.51. The number of carbonyl (C=O) groups is 2. The minimum atomic E-state index is -0.931. The Kier molecular flexibility index (Phi) is 6.03. The fourth-order valence-electron chi connectivity index (χ4n) is 1.84. The van der Waals surface area contributed by atoms with Crippen LogP contribution in [0.3, 0.4) is 0 Å². The summed E-state index contributed by atoms with van der Waals surface area (Å²) in [6.45, 7) is 5.30. The number of benzene rings is 1. The molecule has 1 aromatic carbocycles. The highest BCUT2D eigenvalue weighted by Crippen LogP contribution is 2.25. The van der Waals surface area contributed by atoms with Gasteiger partial charge in [0.15, 0.2) is 6.61 Å². The third kappa shape index (κ3) is 4.93. The summed E-state index contributed by atoms with van der Waals surface area (Å²) < 4.78 is 5.45. The Morgan fingerprint density at radius 3 is 2.33 bits per heavy atom. The number of likely N-dealkylation sites (N-methyl/N-ethyl adjacent to an activating group) is 1. The van der Waals surface area contributed by atoms with Gasteiger partial charge in [-0.1, -0.05) is 18.5 Å². The van der Waals surface area contributed by atoms with Gasteiger partial charge in [0.2, 0.25) is 0 Å². The molecule has 0 saturated heterocycles. The van der Waals surface area contributed by atoms with Gasteiger partial charge in [-0.2, -0.15) is 0 Å². The zero-order chi connectivity index (χ0) is 16.2. The Balaban J connectivity index is 2.59. The minimum absolute atomic E-state index is 0.136. The van der Waals surface area contributed by atoms with E-state index in [0.29, 0.717) is 10.8 Å². The van der Waals surface area contributed by atoms with Crippen LogP contribution in [0.15, 0.2) is 12.1 Å². The number of carboxylic acid groups (broad SMARTS) is 1. The number of rotatable bonds is 6. The number of hydrogen-bond acceptors (Lipinski definition) is 3. The molecule has 0 aliphatic carbocycles. The maximum atomic E-state index is 11.9. The van der Waals surface area contributed by atoms with E-state index in [0.717, 1.165) is 11.1 Å². The van der Waals surface area contributed by atoms with Crippen molar-refractivity contribution in [2.24, 2.45) is 5.92 Å². The fourth-order valence-corrected chi connectivity index (χ4v) is 1.94. The molecule has 1 N–H and O–H groups in total. The number of ether oxygens (including phenoxy) is 1. The number of amides is 1. The van der Waals surface area contributed by atoms with Crippen molar-refractivity contribution < 1.29 is 19.4 Å². The highest BCUT2D eigenvalue weighted by Gasteiger charge is 2.17. The molecular formula is C15H20ClNO4. The van der Waals surface area contributed by atoms with Crippen molar-refractivity contribution in [3.8, 4) is 5.75 Å². The molecule has 21 heavy (non-hydrogen) atoms. The second-order valence-electron chi connectivity index (χ2n) is 5.17. The van der Waals surface area contributed by atoms with Gasteiger partial charge >= 0.3 is 5.97 Å². The molecule has 0 aliphatic heterocycles. The van der Waals surface area contributed by atoms with Crippen LogP contribution in [0.1, 0.15) is 18.1 Å². The largest absolute Gasteiger partial charge is 0.484 e. The molecule has 0 saturated carbocycles. The van der Waals surface area contributed by atoms with Gasteiger partial charge < -0.3 is 14.7 Å². The maximum Gasteiger partial charge on any atom is 0.308 e.